The number of rotatable bonds is 6. The van der Waals surface area contributed by atoms with Crippen molar-refractivity contribution in [1.82, 2.24) is 15.1 Å². The van der Waals surface area contributed by atoms with Gasteiger partial charge in [-0.25, -0.2) is 4.79 Å². The molecule has 166 valence electrons. The van der Waals surface area contributed by atoms with E-state index in [1.807, 2.05) is 13.0 Å². The molecule has 1 aliphatic rings. The van der Waals surface area contributed by atoms with Crippen molar-refractivity contribution in [2.45, 2.75) is 32.1 Å². The lowest BCUT2D eigenvalue weighted by molar-refractivity contribution is 0.102. The number of nitrogens with zero attached hydrogens (tertiary/aromatic N) is 2. The van der Waals surface area contributed by atoms with Crippen LogP contribution < -0.4 is 15.4 Å². The Kier molecular flexibility index (Phi) is 6.11. The summed E-state index contributed by atoms with van der Waals surface area (Å²) in [6, 6.07) is 13.3. The highest BCUT2D eigenvalue weighted by Gasteiger charge is 2.27. The number of benzene rings is 2. The van der Waals surface area contributed by atoms with Crippen LogP contribution in [-0.2, 0) is 0 Å². The van der Waals surface area contributed by atoms with Crippen LogP contribution in [0.15, 0.2) is 48.5 Å². The number of para-hydroxylation sites is 1. The van der Waals surface area contributed by atoms with Gasteiger partial charge in [0, 0.05) is 23.7 Å². The number of ether oxygens (including phenoxy) is 1. The van der Waals surface area contributed by atoms with E-state index in [0.717, 1.165) is 25.0 Å². The predicted octanol–water partition coefficient (Wildman–Crippen LogP) is 4.36. The molecule has 0 radical (unpaired) electrons. The summed E-state index contributed by atoms with van der Waals surface area (Å²) in [4.78, 5) is 25.3. The van der Waals surface area contributed by atoms with E-state index in [9.17, 15) is 14.7 Å². The zero-order chi connectivity index (χ0) is 22.7. The summed E-state index contributed by atoms with van der Waals surface area (Å²) in [6.45, 7) is 2.35. The fourth-order valence-corrected chi connectivity index (χ4v) is 3.76. The van der Waals surface area contributed by atoms with E-state index < -0.39 is 0 Å². The van der Waals surface area contributed by atoms with Crippen molar-refractivity contribution in [2.24, 2.45) is 0 Å². The normalized spacial score (nSPS) is 13.3. The highest BCUT2D eigenvalue weighted by molar-refractivity contribution is 6.06. The Morgan fingerprint density at radius 2 is 1.97 bits per heavy atom. The molecule has 1 heterocycles. The molecule has 1 aliphatic carbocycles. The molecule has 8 nitrogen and oxygen atoms in total. The summed E-state index contributed by atoms with van der Waals surface area (Å²) in [5.41, 5.74) is 2.64. The molecular formula is C24H26N4O4. The van der Waals surface area contributed by atoms with Crippen LogP contribution in [0.4, 0.5) is 10.5 Å². The molecule has 2 aromatic carbocycles. The lowest BCUT2D eigenvalue weighted by atomic mass is 9.82. The fourth-order valence-electron chi connectivity index (χ4n) is 3.76. The second-order valence-electron chi connectivity index (χ2n) is 7.72. The molecule has 0 unspecified atom stereocenters. The van der Waals surface area contributed by atoms with Gasteiger partial charge in [0.1, 0.15) is 11.5 Å². The van der Waals surface area contributed by atoms with Gasteiger partial charge in [0.2, 0.25) is 0 Å². The number of carbonyl (C=O) groups excluding carboxylic acids is 2. The Morgan fingerprint density at radius 3 is 2.66 bits per heavy atom. The number of amides is 2. The van der Waals surface area contributed by atoms with Crippen molar-refractivity contribution < 1.29 is 19.4 Å². The van der Waals surface area contributed by atoms with Crippen LogP contribution >= 0.6 is 0 Å². The summed E-state index contributed by atoms with van der Waals surface area (Å²) < 4.78 is 6.65. The number of methoxy groups -OCH3 is 1. The van der Waals surface area contributed by atoms with Crippen LogP contribution in [0.5, 0.6) is 11.5 Å². The zero-order valence-electron chi connectivity index (χ0n) is 18.1. The Morgan fingerprint density at radius 1 is 1.19 bits per heavy atom. The lowest BCUT2D eigenvalue weighted by Gasteiger charge is -2.25. The minimum absolute atomic E-state index is 0.0148. The van der Waals surface area contributed by atoms with Crippen LogP contribution in [0.25, 0.3) is 11.3 Å². The fraction of sp³-hybridized carbons (Fsp3) is 0.292. The standard InChI is InChI=1S/C24H26N4O4/c1-3-25-24(31)28-20(15-7-6-8-15)14-19(27-28)18-13-16(11-12-21(18)29)26-23(30)17-9-4-5-10-22(17)32-2/h4-5,9-15,29H,3,6-8H2,1-2H3,(H,25,31)(H,26,30). The molecule has 0 saturated heterocycles. The number of aromatic nitrogens is 2. The molecule has 1 fully saturated rings. The maximum absolute atomic E-state index is 12.8. The van der Waals surface area contributed by atoms with E-state index >= 15 is 0 Å². The summed E-state index contributed by atoms with van der Waals surface area (Å²) in [7, 11) is 1.51. The van der Waals surface area contributed by atoms with Crippen LogP contribution in [-0.4, -0.2) is 40.5 Å². The van der Waals surface area contributed by atoms with Gasteiger partial charge in [-0.1, -0.05) is 18.6 Å². The van der Waals surface area contributed by atoms with Gasteiger partial charge < -0.3 is 20.5 Å². The van der Waals surface area contributed by atoms with Crippen molar-refractivity contribution in [3.8, 4) is 22.8 Å². The number of hydrogen-bond donors (Lipinski definition) is 3. The number of hydrogen-bond acceptors (Lipinski definition) is 5. The minimum atomic E-state index is -0.331. The molecule has 0 atom stereocenters. The van der Waals surface area contributed by atoms with Gasteiger partial charge in [-0.2, -0.15) is 9.78 Å². The summed E-state index contributed by atoms with van der Waals surface area (Å²) in [6.07, 6.45) is 3.13. The smallest absolute Gasteiger partial charge is 0.342 e. The maximum atomic E-state index is 12.8. The Balaban J connectivity index is 1.66. The third-order valence-electron chi connectivity index (χ3n) is 5.66. The molecule has 2 amide bonds. The molecule has 4 rings (SSSR count). The SMILES string of the molecule is CCNC(=O)n1nc(-c2cc(NC(=O)c3ccccc3OC)ccc2O)cc1C1CCC1. The van der Waals surface area contributed by atoms with E-state index in [1.165, 1.54) is 17.9 Å². The monoisotopic (exact) mass is 434 g/mol. The Bertz CT molecular complexity index is 1150. The largest absolute Gasteiger partial charge is 0.507 e. The maximum Gasteiger partial charge on any atom is 0.342 e. The predicted molar refractivity (Wildman–Crippen MR) is 121 cm³/mol. The quantitative estimate of drug-likeness (QED) is 0.500. The first-order valence-electron chi connectivity index (χ1n) is 10.7. The molecule has 8 heteroatoms. The molecule has 0 spiro atoms. The van der Waals surface area contributed by atoms with E-state index in [0.29, 0.717) is 34.8 Å². The second-order valence-corrected chi connectivity index (χ2v) is 7.72. The summed E-state index contributed by atoms with van der Waals surface area (Å²) >= 11 is 0. The Labute approximate surface area is 186 Å². The average Bonchev–Trinajstić information content (AvgIpc) is 3.18. The highest BCUT2D eigenvalue weighted by atomic mass is 16.5. The third kappa shape index (κ3) is 4.16. The zero-order valence-corrected chi connectivity index (χ0v) is 18.1. The molecule has 0 bridgehead atoms. The van der Waals surface area contributed by atoms with Crippen molar-refractivity contribution in [1.29, 1.82) is 0 Å². The topological polar surface area (TPSA) is 105 Å². The van der Waals surface area contributed by atoms with Gasteiger partial charge in [-0.05, 0) is 56.2 Å². The van der Waals surface area contributed by atoms with Crippen molar-refractivity contribution in [2.75, 3.05) is 19.0 Å². The summed E-state index contributed by atoms with van der Waals surface area (Å²) in [5, 5.41) is 20.6. The molecule has 0 aliphatic heterocycles. The van der Waals surface area contributed by atoms with Gasteiger partial charge in [0.25, 0.3) is 5.91 Å². The van der Waals surface area contributed by atoms with Crippen LogP contribution in [0.3, 0.4) is 0 Å². The van der Waals surface area contributed by atoms with Gasteiger partial charge in [0.15, 0.2) is 0 Å². The lowest BCUT2D eigenvalue weighted by Crippen LogP contribution is -2.31. The molecular weight excluding hydrogens is 408 g/mol. The molecule has 1 aromatic heterocycles. The van der Waals surface area contributed by atoms with Gasteiger partial charge >= 0.3 is 6.03 Å². The van der Waals surface area contributed by atoms with Crippen molar-refractivity contribution in [3.05, 3.63) is 59.8 Å². The van der Waals surface area contributed by atoms with Gasteiger partial charge in [0.05, 0.1) is 24.1 Å². The number of nitrogens with one attached hydrogen (secondary N) is 2. The first kappa shape index (κ1) is 21.4. The minimum Gasteiger partial charge on any atom is -0.507 e. The number of anilines is 1. The van der Waals surface area contributed by atoms with Crippen LogP contribution in [0.1, 0.15) is 48.2 Å². The van der Waals surface area contributed by atoms with E-state index in [-0.39, 0.29) is 23.6 Å². The first-order chi connectivity index (χ1) is 15.5. The molecule has 32 heavy (non-hydrogen) atoms. The molecule has 3 N–H and O–H groups in total. The molecule has 1 saturated carbocycles. The molecule has 3 aromatic rings. The number of phenols is 1. The van der Waals surface area contributed by atoms with E-state index in [1.54, 1.807) is 36.4 Å². The third-order valence-corrected chi connectivity index (χ3v) is 5.66. The number of phenolic OH excluding ortho intramolecular Hbond substituents is 1. The van der Waals surface area contributed by atoms with E-state index in [4.69, 9.17) is 4.74 Å². The van der Waals surface area contributed by atoms with Crippen molar-refractivity contribution >= 4 is 17.6 Å². The summed E-state index contributed by atoms with van der Waals surface area (Å²) in [5.74, 6) is 0.423. The first-order valence-corrected chi connectivity index (χ1v) is 10.7. The van der Waals surface area contributed by atoms with Crippen molar-refractivity contribution in [3.63, 3.8) is 0 Å². The highest BCUT2D eigenvalue weighted by Crippen LogP contribution is 2.39. The second kappa shape index (κ2) is 9.13. The van der Waals surface area contributed by atoms with Gasteiger partial charge in [-0.15, -0.1) is 0 Å². The van der Waals surface area contributed by atoms with Gasteiger partial charge in [-0.3, -0.25) is 4.79 Å². The average molecular weight is 434 g/mol. The number of carbonyl (C=O) groups is 2. The van der Waals surface area contributed by atoms with Crippen LogP contribution in [0.2, 0.25) is 0 Å². The number of aromatic hydroxyl groups is 1. The van der Waals surface area contributed by atoms with Crippen LogP contribution in [0, 0.1) is 0 Å². The Hall–Kier alpha value is -3.81. The van der Waals surface area contributed by atoms with E-state index in [2.05, 4.69) is 15.7 Å².